The van der Waals surface area contributed by atoms with E-state index in [-0.39, 0.29) is 5.41 Å². The van der Waals surface area contributed by atoms with Gasteiger partial charge in [-0.3, -0.25) is 0 Å². The first kappa shape index (κ1) is 26.7. The van der Waals surface area contributed by atoms with E-state index in [4.69, 9.17) is 4.43 Å². The smallest absolute Gasteiger partial charge is 0.184 e. The van der Waals surface area contributed by atoms with Crippen molar-refractivity contribution in [3.63, 3.8) is 0 Å². The molecule has 0 amide bonds. The Kier molecular flexibility index (Phi) is 7.22. The number of hydrogen-bond donors (Lipinski definition) is 0. The molecule has 0 spiro atoms. The van der Waals surface area contributed by atoms with Crippen LogP contribution in [0.25, 0.3) is 0 Å². The predicted molar refractivity (Wildman–Crippen MR) is 150 cm³/mol. The van der Waals surface area contributed by atoms with Gasteiger partial charge in [0.05, 0.1) is 6.10 Å². The molecule has 0 radical (unpaired) electrons. The molecular weight excluding hydrogens is 428 g/mol. The maximum atomic E-state index is 6.82. The quantitative estimate of drug-likeness (QED) is 0.269. The van der Waals surface area contributed by atoms with Gasteiger partial charge in [0.25, 0.3) is 0 Å². The minimum absolute atomic E-state index is 0.282. The van der Waals surface area contributed by atoms with Crippen molar-refractivity contribution in [1.82, 2.24) is 0 Å². The van der Waals surface area contributed by atoms with Crippen LogP contribution in [0.5, 0.6) is 0 Å². The first-order valence-corrected chi connectivity index (χ1v) is 18.1. The van der Waals surface area contributed by atoms with Crippen LogP contribution in [-0.4, -0.2) is 14.4 Å². The lowest BCUT2D eigenvalue weighted by Gasteiger charge is -2.61. The molecule has 2 heteroatoms. The molecule has 194 valence electrons. The molecule has 0 aromatic carbocycles. The van der Waals surface area contributed by atoms with E-state index in [1.54, 1.807) is 0 Å². The van der Waals surface area contributed by atoms with Gasteiger partial charge in [-0.15, -0.1) is 0 Å². The van der Waals surface area contributed by atoms with Crippen LogP contribution in [0, 0.1) is 39.9 Å². The summed E-state index contributed by atoms with van der Waals surface area (Å²) < 4.78 is 6.82. The Labute approximate surface area is 213 Å². The van der Waals surface area contributed by atoms with Crippen LogP contribution in [0.4, 0.5) is 0 Å². The van der Waals surface area contributed by atoms with Crippen LogP contribution in [0.3, 0.4) is 0 Å². The highest BCUT2D eigenvalue weighted by atomic mass is 28.4. The van der Waals surface area contributed by atoms with Gasteiger partial charge in [0.2, 0.25) is 0 Å². The van der Waals surface area contributed by atoms with Crippen LogP contribution in [0.1, 0.15) is 113 Å². The standard InChI is InChI=1S/C32H56OSi/c1-22(2)12-11-13-23(3)25-15-16-26-24-14-17-28-30(4,5)29(33-34(8,9)10)19-21-32(28,7)27(24)18-20-31(25,26)6/h12,23,25-26,28-29H,11,13-21H2,1-10H3. The Bertz CT molecular complexity index is 824. The number of fused-ring (bicyclic) bond motifs is 4. The van der Waals surface area contributed by atoms with E-state index in [0.717, 1.165) is 23.7 Å². The van der Waals surface area contributed by atoms with Gasteiger partial charge in [-0.05, 0) is 138 Å². The van der Waals surface area contributed by atoms with Gasteiger partial charge >= 0.3 is 0 Å². The molecule has 34 heavy (non-hydrogen) atoms. The zero-order valence-electron chi connectivity index (χ0n) is 24.4. The Morgan fingerprint density at radius 3 is 2.35 bits per heavy atom. The molecule has 0 heterocycles. The van der Waals surface area contributed by atoms with Gasteiger partial charge in [-0.25, -0.2) is 0 Å². The van der Waals surface area contributed by atoms with E-state index in [0.29, 0.717) is 16.9 Å². The van der Waals surface area contributed by atoms with E-state index < -0.39 is 8.32 Å². The lowest BCUT2D eigenvalue weighted by Crippen LogP contribution is -2.56. The second-order valence-electron chi connectivity index (χ2n) is 15.2. The molecule has 2 fully saturated rings. The molecule has 0 aromatic rings. The average molecular weight is 485 g/mol. The number of allylic oxidation sites excluding steroid dienone is 4. The molecular formula is C32H56OSi. The Balaban J connectivity index is 1.57. The van der Waals surface area contributed by atoms with Gasteiger partial charge < -0.3 is 4.43 Å². The van der Waals surface area contributed by atoms with Crippen LogP contribution in [0.15, 0.2) is 22.8 Å². The van der Waals surface area contributed by atoms with Crippen molar-refractivity contribution in [2.24, 2.45) is 39.9 Å². The second-order valence-corrected chi connectivity index (χ2v) is 19.6. The highest BCUT2D eigenvalue weighted by Gasteiger charge is 2.59. The summed E-state index contributed by atoms with van der Waals surface area (Å²) in [7, 11) is -1.53. The third kappa shape index (κ3) is 4.57. The summed E-state index contributed by atoms with van der Waals surface area (Å²) in [6.07, 6.45) is 16.6. The summed E-state index contributed by atoms with van der Waals surface area (Å²) in [6.45, 7) is 24.7. The van der Waals surface area contributed by atoms with Gasteiger partial charge in [-0.1, -0.05) is 57.4 Å². The first-order chi connectivity index (χ1) is 15.7. The monoisotopic (exact) mass is 484 g/mol. The lowest BCUT2D eigenvalue weighted by molar-refractivity contribution is -0.0849. The minimum Gasteiger partial charge on any atom is -0.414 e. The molecule has 1 nitrogen and oxygen atoms in total. The highest BCUT2D eigenvalue weighted by Crippen LogP contribution is 2.68. The topological polar surface area (TPSA) is 9.23 Å². The van der Waals surface area contributed by atoms with Gasteiger partial charge in [0.1, 0.15) is 0 Å². The SMILES string of the molecule is CC(C)=CCCC(C)C1CCC2C3=C(CCC21C)C1(C)CCC(O[Si](C)(C)C)C(C)(C)C1CC3. The molecule has 2 saturated carbocycles. The second kappa shape index (κ2) is 9.20. The highest BCUT2D eigenvalue weighted by molar-refractivity contribution is 6.69. The fourth-order valence-electron chi connectivity index (χ4n) is 9.72. The van der Waals surface area contributed by atoms with E-state index in [1.807, 2.05) is 11.1 Å². The molecule has 4 aliphatic rings. The van der Waals surface area contributed by atoms with E-state index in [1.165, 1.54) is 69.8 Å². The summed E-state index contributed by atoms with van der Waals surface area (Å²) in [6, 6.07) is 0. The third-order valence-corrected chi connectivity index (χ3v) is 12.3. The molecule has 7 atom stereocenters. The number of rotatable bonds is 6. The average Bonchev–Trinajstić information content (AvgIpc) is 3.06. The third-order valence-electron chi connectivity index (χ3n) is 11.3. The fraction of sp³-hybridized carbons (Fsp3) is 0.875. The Hall–Kier alpha value is -0.343. The molecule has 0 bridgehead atoms. The lowest BCUT2D eigenvalue weighted by atomic mass is 9.46. The van der Waals surface area contributed by atoms with Crippen molar-refractivity contribution in [3.05, 3.63) is 22.8 Å². The van der Waals surface area contributed by atoms with Crippen molar-refractivity contribution in [3.8, 4) is 0 Å². The molecule has 4 aliphatic carbocycles. The van der Waals surface area contributed by atoms with Crippen molar-refractivity contribution >= 4 is 8.32 Å². The molecule has 0 aliphatic heterocycles. The van der Waals surface area contributed by atoms with E-state index in [9.17, 15) is 0 Å². The minimum atomic E-state index is -1.53. The van der Waals surface area contributed by atoms with Crippen molar-refractivity contribution in [2.75, 3.05) is 0 Å². The van der Waals surface area contributed by atoms with Crippen LogP contribution in [0.2, 0.25) is 19.6 Å². The van der Waals surface area contributed by atoms with Crippen LogP contribution in [-0.2, 0) is 4.43 Å². The van der Waals surface area contributed by atoms with Crippen LogP contribution >= 0.6 is 0 Å². The summed E-state index contributed by atoms with van der Waals surface area (Å²) in [5.41, 5.74) is 6.60. The summed E-state index contributed by atoms with van der Waals surface area (Å²) in [5, 5.41) is 0. The maximum Gasteiger partial charge on any atom is 0.184 e. The fourth-order valence-corrected chi connectivity index (χ4v) is 11.0. The van der Waals surface area contributed by atoms with Crippen LogP contribution < -0.4 is 0 Å². The van der Waals surface area contributed by atoms with Crippen molar-refractivity contribution in [1.29, 1.82) is 0 Å². The van der Waals surface area contributed by atoms with E-state index in [2.05, 4.69) is 74.2 Å². The van der Waals surface area contributed by atoms with Crippen molar-refractivity contribution < 1.29 is 4.43 Å². The maximum absolute atomic E-state index is 6.82. The first-order valence-electron chi connectivity index (χ1n) is 14.7. The van der Waals surface area contributed by atoms with E-state index >= 15 is 0 Å². The molecule has 7 unspecified atom stereocenters. The van der Waals surface area contributed by atoms with Gasteiger partial charge in [-0.2, -0.15) is 0 Å². The summed E-state index contributed by atoms with van der Waals surface area (Å²) >= 11 is 0. The predicted octanol–water partition coefficient (Wildman–Crippen LogP) is 9.95. The van der Waals surface area contributed by atoms with Gasteiger partial charge in [0.15, 0.2) is 8.32 Å². The van der Waals surface area contributed by atoms with Gasteiger partial charge in [0, 0.05) is 0 Å². The Morgan fingerprint density at radius 2 is 1.71 bits per heavy atom. The normalized spacial score (nSPS) is 40.3. The zero-order chi connectivity index (χ0) is 25.1. The zero-order valence-corrected chi connectivity index (χ0v) is 25.4. The Morgan fingerprint density at radius 1 is 1.00 bits per heavy atom. The number of hydrogen-bond acceptors (Lipinski definition) is 1. The summed E-state index contributed by atoms with van der Waals surface area (Å²) in [5.74, 6) is 3.41. The molecule has 0 saturated heterocycles. The molecule has 4 rings (SSSR count). The molecule has 0 aromatic heterocycles. The van der Waals surface area contributed by atoms with Crippen molar-refractivity contribution in [2.45, 2.75) is 138 Å². The summed E-state index contributed by atoms with van der Waals surface area (Å²) in [4.78, 5) is 0. The largest absolute Gasteiger partial charge is 0.414 e. The molecule has 0 N–H and O–H groups in total.